The predicted molar refractivity (Wildman–Crippen MR) is 52.9 cm³/mol. The molecule has 0 heterocycles. The van der Waals surface area contributed by atoms with Gasteiger partial charge in [0.15, 0.2) is 0 Å². The molecule has 0 aromatic heterocycles. The van der Waals surface area contributed by atoms with Crippen molar-refractivity contribution in [1.82, 2.24) is 0 Å². The first kappa shape index (κ1) is 11.6. The largest absolute Gasteiger partial charge is 0.381 e. The number of rotatable bonds is 7. The second kappa shape index (κ2) is 7.29. The van der Waals surface area contributed by atoms with Crippen molar-refractivity contribution in [3.63, 3.8) is 0 Å². The fraction of sp³-hybridized carbons (Fsp3) is 0.900. The first-order chi connectivity index (χ1) is 5.79. The van der Waals surface area contributed by atoms with Crippen molar-refractivity contribution in [2.24, 2.45) is 5.92 Å². The molecule has 0 aliphatic carbocycles. The molecule has 0 saturated heterocycles. The fourth-order valence-electron chi connectivity index (χ4n) is 1.50. The topological polar surface area (TPSA) is 33.1 Å². The van der Waals surface area contributed by atoms with Crippen LogP contribution in [0.2, 0.25) is 0 Å². The van der Waals surface area contributed by atoms with Crippen molar-refractivity contribution < 1.29 is 4.74 Å². The van der Waals surface area contributed by atoms with E-state index in [4.69, 9.17) is 10.1 Å². The zero-order valence-corrected chi connectivity index (χ0v) is 8.47. The second-order valence-electron chi connectivity index (χ2n) is 3.18. The Labute approximate surface area is 75.8 Å². The van der Waals surface area contributed by atoms with Crippen LogP contribution in [-0.2, 0) is 4.74 Å². The van der Waals surface area contributed by atoms with Gasteiger partial charge in [-0.25, -0.2) is 0 Å². The summed E-state index contributed by atoms with van der Waals surface area (Å²) in [6, 6.07) is 0. The molecule has 2 nitrogen and oxygen atoms in total. The van der Waals surface area contributed by atoms with Crippen LogP contribution in [0.4, 0.5) is 0 Å². The summed E-state index contributed by atoms with van der Waals surface area (Å²) in [6.07, 6.45) is 6.19. The molecule has 0 bridgehead atoms. The summed E-state index contributed by atoms with van der Waals surface area (Å²) >= 11 is 0. The van der Waals surface area contributed by atoms with E-state index in [-0.39, 0.29) is 6.10 Å². The minimum Gasteiger partial charge on any atom is -0.381 e. The Hall–Kier alpha value is -0.370. The van der Waals surface area contributed by atoms with E-state index in [1.807, 2.05) is 0 Å². The van der Waals surface area contributed by atoms with Crippen LogP contribution < -0.4 is 0 Å². The minimum absolute atomic E-state index is 0.257. The Balaban J connectivity index is 3.92. The van der Waals surface area contributed by atoms with E-state index in [9.17, 15) is 0 Å². The van der Waals surface area contributed by atoms with Crippen LogP contribution in [0, 0.1) is 11.3 Å². The van der Waals surface area contributed by atoms with Crippen molar-refractivity contribution in [2.45, 2.75) is 45.6 Å². The van der Waals surface area contributed by atoms with Crippen LogP contribution in [0.5, 0.6) is 0 Å². The molecule has 0 amide bonds. The van der Waals surface area contributed by atoms with Crippen LogP contribution >= 0.6 is 0 Å². The molecule has 0 aliphatic rings. The van der Waals surface area contributed by atoms with Crippen LogP contribution in [0.15, 0.2) is 0 Å². The summed E-state index contributed by atoms with van der Waals surface area (Å²) in [6.45, 7) is 4.30. The summed E-state index contributed by atoms with van der Waals surface area (Å²) in [4.78, 5) is 0. The Bertz CT molecular complexity index is 114. The van der Waals surface area contributed by atoms with E-state index in [2.05, 4.69) is 13.8 Å². The molecule has 0 aromatic rings. The van der Waals surface area contributed by atoms with Gasteiger partial charge in [-0.1, -0.05) is 26.7 Å². The van der Waals surface area contributed by atoms with E-state index in [0.717, 1.165) is 25.7 Å². The molecule has 1 N–H and O–H groups in total. The summed E-state index contributed by atoms with van der Waals surface area (Å²) in [5.41, 5.74) is 0. The lowest BCUT2D eigenvalue weighted by molar-refractivity contribution is 0.0655. The second-order valence-corrected chi connectivity index (χ2v) is 3.18. The summed E-state index contributed by atoms with van der Waals surface area (Å²) < 4.78 is 5.35. The molecule has 0 saturated carbocycles. The highest BCUT2D eigenvalue weighted by molar-refractivity contribution is 5.57. The normalized spacial score (nSPS) is 15.6. The molecule has 0 spiro atoms. The molecule has 0 fully saturated rings. The standard InChI is InChI=1S/C10H21NO/c1-4-6-9(8-11)10(12-3)7-5-2/h8-11H,4-7H2,1-3H3. The van der Waals surface area contributed by atoms with Gasteiger partial charge in [-0.15, -0.1) is 0 Å². The molecular formula is C10H21NO. The van der Waals surface area contributed by atoms with Gasteiger partial charge in [-0.05, 0) is 12.8 Å². The van der Waals surface area contributed by atoms with Gasteiger partial charge in [-0.3, -0.25) is 0 Å². The lowest BCUT2D eigenvalue weighted by atomic mass is 9.95. The fourth-order valence-corrected chi connectivity index (χ4v) is 1.50. The maximum atomic E-state index is 7.27. The van der Waals surface area contributed by atoms with Crippen LogP contribution in [0.3, 0.4) is 0 Å². The van der Waals surface area contributed by atoms with Gasteiger partial charge in [0.2, 0.25) is 0 Å². The third kappa shape index (κ3) is 3.86. The molecule has 12 heavy (non-hydrogen) atoms. The molecule has 0 radical (unpaired) electrons. The lowest BCUT2D eigenvalue weighted by Gasteiger charge is -2.21. The molecule has 0 aromatic carbocycles. The maximum absolute atomic E-state index is 7.27. The van der Waals surface area contributed by atoms with Crippen LogP contribution in [-0.4, -0.2) is 19.4 Å². The van der Waals surface area contributed by atoms with Gasteiger partial charge >= 0.3 is 0 Å². The van der Waals surface area contributed by atoms with Gasteiger partial charge in [-0.2, -0.15) is 0 Å². The summed E-state index contributed by atoms with van der Waals surface area (Å²) in [5.74, 6) is 0.319. The third-order valence-corrected chi connectivity index (χ3v) is 2.19. The minimum atomic E-state index is 0.257. The highest BCUT2D eigenvalue weighted by Gasteiger charge is 2.16. The summed E-state index contributed by atoms with van der Waals surface area (Å²) in [5, 5.41) is 7.27. The molecule has 2 unspecified atom stereocenters. The number of hydrogen-bond donors (Lipinski definition) is 1. The van der Waals surface area contributed by atoms with Gasteiger partial charge in [0.05, 0.1) is 6.10 Å². The van der Waals surface area contributed by atoms with Gasteiger partial charge in [0.1, 0.15) is 0 Å². The molecule has 0 aliphatic heterocycles. The molecule has 0 rings (SSSR count). The zero-order chi connectivity index (χ0) is 9.40. The van der Waals surface area contributed by atoms with Crippen molar-refractivity contribution in [3.05, 3.63) is 0 Å². The Morgan fingerprint density at radius 3 is 2.17 bits per heavy atom. The predicted octanol–water partition coefficient (Wildman–Crippen LogP) is 2.87. The molecule has 72 valence electrons. The van der Waals surface area contributed by atoms with Gasteiger partial charge in [0.25, 0.3) is 0 Å². The van der Waals surface area contributed by atoms with Crippen molar-refractivity contribution >= 4 is 6.21 Å². The highest BCUT2D eigenvalue weighted by atomic mass is 16.5. The number of methoxy groups -OCH3 is 1. The first-order valence-electron chi connectivity index (χ1n) is 4.83. The third-order valence-electron chi connectivity index (χ3n) is 2.19. The lowest BCUT2D eigenvalue weighted by Crippen LogP contribution is -2.23. The Morgan fingerprint density at radius 2 is 1.83 bits per heavy atom. The molecule has 2 heteroatoms. The van der Waals surface area contributed by atoms with Gasteiger partial charge in [0, 0.05) is 19.2 Å². The zero-order valence-electron chi connectivity index (χ0n) is 8.47. The number of ether oxygens (including phenoxy) is 1. The SMILES string of the molecule is CCCC(C=N)C(CCC)OC. The van der Waals surface area contributed by atoms with E-state index >= 15 is 0 Å². The van der Waals surface area contributed by atoms with E-state index in [0.29, 0.717) is 5.92 Å². The monoisotopic (exact) mass is 171 g/mol. The van der Waals surface area contributed by atoms with E-state index in [1.54, 1.807) is 7.11 Å². The van der Waals surface area contributed by atoms with Crippen LogP contribution in [0.1, 0.15) is 39.5 Å². The quantitative estimate of drug-likeness (QED) is 0.587. The highest BCUT2D eigenvalue weighted by Crippen LogP contribution is 2.16. The average Bonchev–Trinajstić information content (AvgIpc) is 2.11. The maximum Gasteiger partial charge on any atom is 0.0648 e. The van der Waals surface area contributed by atoms with E-state index < -0.39 is 0 Å². The average molecular weight is 171 g/mol. The van der Waals surface area contributed by atoms with Crippen LogP contribution in [0.25, 0.3) is 0 Å². The first-order valence-corrected chi connectivity index (χ1v) is 4.83. The summed E-state index contributed by atoms with van der Waals surface area (Å²) in [7, 11) is 1.74. The smallest absolute Gasteiger partial charge is 0.0648 e. The molecular weight excluding hydrogens is 150 g/mol. The van der Waals surface area contributed by atoms with E-state index in [1.165, 1.54) is 6.21 Å². The van der Waals surface area contributed by atoms with Crippen molar-refractivity contribution in [2.75, 3.05) is 7.11 Å². The van der Waals surface area contributed by atoms with Gasteiger partial charge < -0.3 is 10.1 Å². The number of hydrogen-bond acceptors (Lipinski definition) is 2. The van der Waals surface area contributed by atoms with Crippen molar-refractivity contribution in [1.29, 1.82) is 5.41 Å². The van der Waals surface area contributed by atoms with Crippen molar-refractivity contribution in [3.8, 4) is 0 Å². The number of nitrogens with one attached hydrogen (secondary N) is 1. The molecule has 2 atom stereocenters. The Morgan fingerprint density at radius 1 is 1.25 bits per heavy atom. The Kier molecular flexibility index (Phi) is 7.06.